The molecule has 2 aromatic carbocycles. The minimum absolute atomic E-state index is 0.144. The molecule has 28 heavy (non-hydrogen) atoms. The smallest absolute Gasteiger partial charge is 0.197 e. The van der Waals surface area contributed by atoms with Crippen molar-refractivity contribution in [1.29, 1.82) is 0 Å². The molecule has 1 aromatic heterocycles. The summed E-state index contributed by atoms with van der Waals surface area (Å²) in [6.45, 7) is 11.6. The number of likely N-dealkylation sites (tertiary alicyclic amines) is 1. The highest BCUT2D eigenvalue weighted by atomic mass is 16.3. The van der Waals surface area contributed by atoms with Gasteiger partial charge >= 0.3 is 0 Å². The maximum absolute atomic E-state index is 10.5. The van der Waals surface area contributed by atoms with E-state index < -0.39 is 0 Å². The number of nitrogens with zero attached hydrogens (tertiary/aromatic N) is 4. The Labute approximate surface area is 164 Å². The Bertz CT molecular complexity index is 1070. The van der Waals surface area contributed by atoms with E-state index >= 15 is 0 Å². The first-order chi connectivity index (χ1) is 13.6. The first-order valence-electron chi connectivity index (χ1n) is 9.48. The average Bonchev–Trinajstić information content (AvgIpc) is 2.68. The molecule has 0 unspecified atom stereocenters. The standard InChI is InChI=1S/C22H23N5O/c1-14-9-10-16(19(28)12-14)21-20-17(7-4-8-18(20)23-2)22(26-25-21)24-15-6-5-11-27(3)13-15/h4,7-10,12,15,28H,5-6,11,13H2,1,3H3,(H,24,26)/t15-/m1/s1. The molecule has 0 radical (unpaired) electrons. The lowest BCUT2D eigenvalue weighted by atomic mass is 10.0. The summed E-state index contributed by atoms with van der Waals surface area (Å²) in [5, 5.41) is 24.4. The van der Waals surface area contributed by atoms with Crippen LogP contribution in [0, 0.1) is 13.5 Å². The number of rotatable bonds is 3. The summed E-state index contributed by atoms with van der Waals surface area (Å²) in [6, 6.07) is 11.4. The van der Waals surface area contributed by atoms with Crippen LogP contribution in [0.15, 0.2) is 36.4 Å². The lowest BCUT2D eigenvalue weighted by molar-refractivity contribution is 0.261. The lowest BCUT2D eigenvalue weighted by Crippen LogP contribution is -2.40. The number of likely N-dealkylation sites (N-methyl/N-ethyl adjacent to an activating group) is 1. The molecular weight excluding hydrogens is 350 g/mol. The van der Waals surface area contributed by atoms with Gasteiger partial charge in [-0.05, 0) is 51.1 Å². The number of nitrogens with one attached hydrogen (secondary N) is 1. The molecule has 0 aliphatic carbocycles. The molecule has 6 nitrogen and oxygen atoms in total. The van der Waals surface area contributed by atoms with Crippen LogP contribution in [0.25, 0.3) is 26.9 Å². The molecule has 3 aromatic rings. The van der Waals surface area contributed by atoms with Crippen LogP contribution in [0.1, 0.15) is 18.4 Å². The van der Waals surface area contributed by atoms with Gasteiger partial charge in [0.15, 0.2) is 11.5 Å². The molecule has 1 atom stereocenters. The number of hydrogen-bond donors (Lipinski definition) is 2. The highest BCUT2D eigenvalue weighted by molar-refractivity contribution is 6.08. The van der Waals surface area contributed by atoms with Gasteiger partial charge in [0.25, 0.3) is 0 Å². The Morgan fingerprint density at radius 2 is 2.11 bits per heavy atom. The number of anilines is 1. The predicted octanol–water partition coefficient (Wildman–Crippen LogP) is 4.37. The van der Waals surface area contributed by atoms with Crippen molar-refractivity contribution in [3.05, 3.63) is 53.4 Å². The minimum Gasteiger partial charge on any atom is -0.507 e. The largest absolute Gasteiger partial charge is 0.507 e. The zero-order chi connectivity index (χ0) is 19.7. The summed E-state index contributed by atoms with van der Waals surface area (Å²) in [6.07, 6.45) is 2.22. The van der Waals surface area contributed by atoms with Gasteiger partial charge in [-0.1, -0.05) is 24.3 Å². The van der Waals surface area contributed by atoms with Crippen LogP contribution in [0.2, 0.25) is 0 Å². The van der Waals surface area contributed by atoms with E-state index in [1.54, 1.807) is 12.1 Å². The maximum atomic E-state index is 10.5. The van der Waals surface area contributed by atoms with Gasteiger partial charge in [0, 0.05) is 28.9 Å². The third-order valence-electron chi connectivity index (χ3n) is 5.28. The molecular formula is C22H23N5O. The fraction of sp³-hybridized carbons (Fsp3) is 0.318. The average molecular weight is 373 g/mol. The summed E-state index contributed by atoms with van der Waals surface area (Å²) >= 11 is 0. The van der Waals surface area contributed by atoms with Gasteiger partial charge in [0.1, 0.15) is 5.75 Å². The predicted molar refractivity (Wildman–Crippen MR) is 112 cm³/mol. The van der Waals surface area contributed by atoms with Crippen LogP contribution in [-0.4, -0.2) is 46.4 Å². The number of fused-ring (bicyclic) bond motifs is 1. The zero-order valence-corrected chi connectivity index (χ0v) is 16.1. The molecule has 2 heterocycles. The molecule has 1 fully saturated rings. The number of piperidine rings is 1. The first-order valence-corrected chi connectivity index (χ1v) is 9.48. The van der Waals surface area contributed by atoms with Crippen LogP contribution < -0.4 is 5.32 Å². The Kier molecular flexibility index (Phi) is 4.84. The van der Waals surface area contributed by atoms with Crippen LogP contribution in [0.4, 0.5) is 11.5 Å². The monoisotopic (exact) mass is 373 g/mol. The Balaban J connectivity index is 1.86. The topological polar surface area (TPSA) is 65.6 Å². The van der Waals surface area contributed by atoms with Crippen LogP contribution in [-0.2, 0) is 0 Å². The second-order valence-corrected chi connectivity index (χ2v) is 7.48. The number of benzene rings is 2. The van der Waals surface area contributed by atoms with Gasteiger partial charge in [-0.3, -0.25) is 0 Å². The van der Waals surface area contributed by atoms with Gasteiger partial charge in [-0.15, -0.1) is 10.2 Å². The fourth-order valence-corrected chi connectivity index (χ4v) is 3.90. The molecule has 1 aliphatic rings. The molecule has 0 bridgehead atoms. The van der Waals surface area contributed by atoms with Crippen molar-refractivity contribution in [3.8, 4) is 17.0 Å². The van der Waals surface area contributed by atoms with Crippen molar-refractivity contribution < 1.29 is 5.11 Å². The number of phenolic OH excluding ortho intramolecular Hbond substituents is 1. The number of phenols is 1. The molecule has 1 saturated heterocycles. The van der Waals surface area contributed by atoms with E-state index in [-0.39, 0.29) is 5.75 Å². The molecule has 0 spiro atoms. The van der Waals surface area contributed by atoms with Gasteiger partial charge in [-0.2, -0.15) is 0 Å². The van der Waals surface area contributed by atoms with E-state index in [9.17, 15) is 5.11 Å². The molecule has 4 rings (SSSR count). The number of aromatic hydroxyl groups is 1. The molecule has 0 amide bonds. The Morgan fingerprint density at radius 3 is 2.86 bits per heavy atom. The van der Waals surface area contributed by atoms with Gasteiger partial charge < -0.3 is 15.3 Å². The quantitative estimate of drug-likeness (QED) is 0.668. The van der Waals surface area contributed by atoms with Crippen molar-refractivity contribution in [2.75, 3.05) is 25.5 Å². The van der Waals surface area contributed by atoms with Crippen LogP contribution in [0.3, 0.4) is 0 Å². The normalized spacial score (nSPS) is 17.4. The highest BCUT2D eigenvalue weighted by Gasteiger charge is 2.21. The number of aryl methyl sites for hydroxylation is 1. The molecule has 0 saturated carbocycles. The zero-order valence-electron chi connectivity index (χ0n) is 16.1. The van der Waals surface area contributed by atoms with Crippen molar-refractivity contribution in [1.82, 2.24) is 15.1 Å². The summed E-state index contributed by atoms with van der Waals surface area (Å²) in [5.74, 6) is 0.834. The SMILES string of the molecule is [C-]#[N+]c1cccc2c(N[C@@H]3CCCN(C)C3)nnc(-c3ccc(C)cc3O)c12. The molecule has 2 N–H and O–H groups in total. The maximum Gasteiger partial charge on any atom is 0.197 e. The van der Waals surface area contributed by atoms with Crippen molar-refractivity contribution in [3.63, 3.8) is 0 Å². The fourth-order valence-electron chi connectivity index (χ4n) is 3.90. The van der Waals surface area contributed by atoms with E-state index in [1.165, 1.54) is 0 Å². The third-order valence-corrected chi connectivity index (χ3v) is 5.28. The summed E-state index contributed by atoms with van der Waals surface area (Å²) in [7, 11) is 2.12. The van der Waals surface area contributed by atoms with E-state index in [1.807, 2.05) is 31.2 Å². The van der Waals surface area contributed by atoms with Crippen molar-refractivity contribution >= 4 is 22.3 Å². The summed E-state index contributed by atoms with van der Waals surface area (Å²) in [5.41, 5.74) is 2.59. The van der Waals surface area contributed by atoms with E-state index in [4.69, 9.17) is 6.57 Å². The Hall–Kier alpha value is -3.17. The second-order valence-electron chi connectivity index (χ2n) is 7.48. The Morgan fingerprint density at radius 1 is 1.25 bits per heavy atom. The minimum atomic E-state index is 0.144. The molecule has 1 aliphatic heterocycles. The lowest BCUT2D eigenvalue weighted by Gasteiger charge is -2.30. The number of hydrogen-bond acceptors (Lipinski definition) is 5. The van der Waals surface area contributed by atoms with Crippen LogP contribution in [0.5, 0.6) is 5.75 Å². The van der Waals surface area contributed by atoms with Gasteiger partial charge in [-0.25, -0.2) is 4.85 Å². The van der Waals surface area contributed by atoms with Crippen molar-refractivity contribution in [2.45, 2.75) is 25.8 Å². The van der Waals surface area contributed by atoms with Gasteiger partial charge in [0.2, 0.25) is 0 Å². The first kappa shape index (κ1) is 18.2. The third kappa shape index (κ3) is 3.37. The van der Waals surface area contributed by atoms with E-state index in [0.29, 0.717) is 28.8 Å². The number of aromatic nitrogens is 2. The summed E-state index contributed by atoms with van der Waals surface area (Å²) < 4.78 is 0. The highest BCUT2D eigenvalue weighted by Crippen LogP contribution is 2.39. The van der Waals surface area contributed by atoms with Crippen LogP contribution >= 0.6 is 0 Å². The molecule has 6 heteroatoms. The molecule has 142 valence electrons. The van der Waals surface area contributed by atoms with E-state index in [0.717, 1.165) is 42.3 Å². The van der Waals surface area contributed by atoms with E-state index in [2.05, 4.69) is 32.3 Å². The second kappa shape index (κ2) is 7.45. The van der Waals surface area contributed by atoms with Crippen molar-refractivity contribution in [2.24, 2.45) is 0 Å². The van der Waals surface area contributed by atoms with Gasteiger partial charge in [0.05, 0.1) is 12.3 Å². The summed E-state index contributed by atoms with van der Waals surface area (Å²) in [4.78, 5) is 6.00.